The van der Waals surface area contributed by atoms with E-state index in [0.717, 1.165) is 56.5 Å². The van der Waals surface area contributed by atoms with Crippen LogP contribution in [0.1, 0.15) is 87.6 Å². The zero-order valence-electron chi connectivity index (χ0n) is 28.5. The van der Waals surface area contributed by atoms with Crippen molar-refractivity contribution in [3.05, 3.63) is 97.5 Å². The number of allylic oxidation sites excluding steroid dienone is 2. The molecule has 3 atom stereocenters. The Bertz CT molecular complexity index is 2050. The second-order valence-corrected chi connectivity index (χ2v) is 12.4. The summed E-state index contributed by atoms with van der Waals surface area (Å²) in [5, 5.41) is 5.18. The molecular weight excluding hydrogens is 617 g/mol. The van der Waals surface area contributed by atoms with Crippen LogP contribution in [0, 0.1) is 38.5 Å². The SMILES string of the molecule is C=CCOC(=O)CC[C@@H]1/C2=C3/c4[n-]c(c(C)c4C(=O)[C@@H]3C(=O)OC)/C=c3\[n-]/c(c(C)c3CC)=C\c3[n-]c(c(C)c3C=C)/C=C(\N2)[C@H]1C.[Mg+2]. The number of fused-ring (bicyclic) bond motifs is 7. The summed E-state index contributed by atoms with van der Waals surface area (Å²) >= 11 is 0. The summed E-state index contributed by atoms with van der Waals surface area (Å²) in [5.74, 6) is -2.91. The molecule has 10 heteroatoms. The monoisotopic (exact) mass is 655 g/mol. The molecule has 0 spiro atoms. The second-order valence-electron chi connectivity index (χ2n) is 12.4. The minimum absolute atomic E-state index is 0. The number of carbonyl (C=O) groups is 3. The summed E-state index contributed by atoms with van der Waals surface area (Å²) < 4.78 is 10.5. The number of ketones is 1. The van der Waals surface area contributed by atoms with Crippen LogP contribution in [-0.2, 0) is 25.5 Å². The summed E-state index contributed by atoms with van der Waals surface area (Å²) in [5.41, 5.74) is 9.79. The molecule has 9 nitrogen and oxygen atoms in total. The third kappa shape index (κ3) is 5.64. The van der Waals surface area contributed by atoms with Gasteiger partial charge in [-0.2, -0.15) is 0 Å². The molecule has 1 saturated heterocycles. The first-order valence-corrected chi connectivity index (χ1v) is 16.0. The van der Waals surface area contributed by atoms with Crippen molar-refractivity contribution in [1.29, 1.82) is 0 Å². The molecule has 1 N–H and O–H groups in total. The van der Waals surface area contributed by atoms with Gasteiger partial charge in [-0.15, -0.1) is 33.5 Å². The molecule has 1 aliphatic carbocycles. The van der Waals surface area contributed by atoms with Gasteiger partial charge >= 0.3 is 35.0 Å². The number of nitrogens with zero attached hydrogens (tertiary/aromatic N) is 3. The van der Waals surface area contributed by atoms with E-state index < -0.39 is 11.9 Å². The van der Waals surface area contributed by atoms with Gasteiger partial charge < -0.3 is 29.7 Å². The van der Waals surface area contributed by atoms with E-state index in [1.165, 1.54) is 13.2 Å². The van der Waals surface area contributed by atoms with Crippen LogP contribution in [0.25, 0.3) is 29.9 Å². The number of aromatic nitrogens is 3. The Hall–Kier alpha value is -4.28. The van der Waals surface area contributed by atoms with Crippen molar-refractivity contribution in [2.24, 2.45) is 17.8 Å². The number of hydrogen-bond donors (Lipinski definition) is 1. The first-order valence-electron chi connectivity index (χ1n) is 16.0. The third-order valence-electron chi connectivity index (χ3n) is 9.86. The fraction of sp³-hybridized carbons (Fsp3) is 0.342. The van der Waals surface area contributed by atoms with Crippen LogP contribution >= 0.6 is 0 Å². The molecular formula is C38H39MgN4O5-. The van der Waals surface area contributed by atoms with Crippen molar-refractivity contribution in [2.45, 2.75) is 53.9 Å². The number of esters is 2. The molecule has 0 saturated carbocycles. The van der Waals surface area contributed by atoms with Crippen LogP contribution in [0.5, 0.6) is 0 Å². The number of hydrogen-bond acceptors (Lipinski definition) is 6. The van der Waals surface area contributed by atoms with Crippen LogP contribution in [0.3, 0.4) is 0 Å². The van der Waals surface area contributed by atoms with E-state index in [4.69, 9.17) is 24.4 Å². The van der Waals surface area contributed by atoms with Gasteiger partial charge in [-0.25, -0.2) is 0 Å². The third-order valence-corrected chi connectivity index (χ3v) is 9.86. The molecule has 8 bridgehead atoms. The van der Waals surface area contributed by atoms with Crippen molar-refractivity contribution in [2.75, 3.05) is 13.7 Å². The van der Waals surface area contributed by atoms with Crippen LogP contribution < -0.4 is 31.0 Å². The van der Waals surface area contributed by atoms with Crippen LogP contribution in [0.15, 0.2) is 30.6 Å². The molecule has 1 fully saturated rings. The normalized spacial score (nSPS) is 23.1. The summed E-state index contributed by atoms with van der Waals surface area (Å²) in [7, 11) is 1.28. The average molecular weight is 656 g/mol. The standard InChI is InChI=1S/C38H40N4O5.Mg/c1-9-14-47-31(43)13-12-24-20(6)27-15-25-18(4)22(10-2)29(39-25)16-26-19(5)23(11-3)30(40-26)17-28-21(7)32-36(42-28)33(35(24)41-27)34(37(32)44)38(45)46-8;/h9-10,15-17,20,24,34H,1-2,11-14H2,3-8H3,(H2,41,42,44);/q-2;+2/p-1/b26-16-,27-15-,30-17-;/t20-,24-,34+;/m0./s1. The van der Waals surface area contributed by atoms with Gasteiger partial charge in [-0.1, -0.05) is 79.6 Å². The minimum Gasteiger partial charge on any atom is -0.657 e. The maximum absolute atomic E-state index is 14.1. The summed E-state index contributed by atoms with van der Waals surface area (Å²) in [6.45, 7) is 17.9. The van der Waals surface area contributed by atoms with Crippen LogP contribution in [0.4, 0.5) is 0 Å². The Balaban J connectivity index is 0.00000451. The topological polar surface area (TPSA) is 124 Å². The minimum atomic E-state index is -1.18. The Labute approximate surface area is 296 Å². The van der Waals surface area contributed by atoms with E-state index in [-0.39, 0.29) is 59.7 Å². The quantitative estimate of drug-likeness (QED) is 0.168. The number of methoxy groups -OCH3 is 1. The van der Waals surface area contributed by atoms with Gasteiger partial charge in [-0.3, -0.25) is 14.4 Å². The largest absolute Gasteiger partial charge is 2.00 e. The summed E-state index contributed by atoms with van der Waals surface area (Å²) in [4.78, 5) is 55.2. The number of ether oxygens (including phenoxy) is 2. The van der Waals surface area contributed by atoms with E-state index in [1.807, 2.05) is 38.2 Å². The smallest absolute Gasteiger partial charge is 0.657 e. The van der Waals surface area contributed by atoms with Gasteiger partial charge in [-0.05, 0) is 44.7 Å². The average Bonchev–Trinajstić information content (AvgIpc) is 3.79. The molecule has 0 radical (unpaired) electrons. The first-order chi connectivity index (χ1) is 22.5. The van der Waals surface area contributed by atoms with Crippen molar-refractivity contribution in [3.63, 3.8) is 0 Å². The van der Waals surface area contributed by atoms with E-state index in [9.17, 15) is 14.4 Å². The van der Waals surface area contributed by atoms with E-state index >= 15 is 0 Å². The Kier molecular flexibility index (Phi) is 9.98. The molecule has 3 aliphatic rings. The van der Waals surface area contributed by atoms with Gasteiger partial charge in [0.05, 0.1) is 7.11 Å². The van der Waals surface area contributed by atoms with Gasteiger partial charge in [0.2, 0.25) is 0 Å². The van der Waals surface area contributed by atoms with E-state index in [2.05, 4.69) is 39.2 Å². The molecule has 0 unspecified atom stereocenters. The molecule has 0 amide bonds. The zero-order valence-corrected chi connectivity index (χ0v) is 29.9. The molecule has 3 aromatic rings. The first kappa shape index (κ1) is 35.0. The summed E-state index contributed by atoms with van der Waals surface area (Å²) in [6, 6.07) is 0. The number of Topliss-reactive ketones (excluding diaryl/α,β-unsaturated/α-hetero) is 1. The molecule has 6 rings (SSSR count). The van der Waals surface area contributed by atoms with E-state index in [0.29, 0.717) is 40.2 Å². The van der Waals surface area contributed by atoms with E-state index in [1.54, 1.807) is 0 Å². The van der Waals surface area contributed by atoms with Gasteiger partial charge in [0.1, 0.15) is 12.5 Å². The fourth-order valence-corrected chi connectivity index (χ4v) is 7.25. The molecule has 5 heterocycles. The second kappa shape index (κ2) is 13.7. The predicted octanol–water partition coefficient (Wildman–Crippen LogP) is 3.38. The molecule has 48 heavy (non-hydrogen) atoms. The van der Waals surface area contributed by atoms with Gasteiger partial charge in [0, 0.05) is 35.2 Å². The maximum Gasteiger partial charge on any atom is 2.00 e. The summed E-state index contributed by atoms with van der Waals surface area (Å²) in [6.07, 6.45) is 10.6. The van der Waals surface area contributed by atoms with Crippen LogP contribution in [0.2, 0.25) is 0 Å². The van der Waals surface area contributed by atoms with Gasteiger partial charge in [0.15, 0.2) is 5.78 Å². The van der Waals surface area contributed by atoms with Crippen molar-refractivity contribution in [3.8, 4) is 0 Å². The fourth-order valence-electron chi connectivity index (χ4n) is 7.25. The molecule has 3 aromatic heterocycles. The number of rotatable bonds is 8. The molecule has 2 aliphatic heterocycles. The zero-order chi connectivity index (χ0) is 33.7. The van der Waals surface area contributed by atoms with Crippen molar-refractivity contribution < 1.29 is 23.9 Å². The van der Waals surface area contributed by atoms with Crippen LogP contribution in [-0.4, -0.2) is 54.5 Å². The number of carbonyl (C=O) groups excluding carboxylic acids is 3. The maximum atomic E-state index is 14.1. The van der Waals surface area contributed by atoms with Crippen molar-refractivity contribution >= 4 is 70.7 Å². The Morgan fingerprint density at radius 2 is 1.69 bits per heavy atom. The molecule has 0 aromatic carbocycles. The predicted molar refractivity (Wildman–Crippen MR) is 186 cm³/mol. The molecule has 244 valence electrons. The Morgan fingerprint density at radius 1 is 0.979 bits per heavy atom. The van der Waals surface area contributed by atoms with Gasteiger partial charge in [0.25, 0.3) is 0 Å². The Morgan fingerprint density at radius 3 is 2.35 bits per heavy atom. The van der Waals surface area contributed by atoms with Crippen molar-refractivity contribution in [1.82, 2.24) is 20.3 Å². The number of nitrogens with one attached hydrogen (secondary N) is 1.